The molecule has 23 heavy (non-hydrogen) atoms. The van der Waals surface area contributed by atoms with Crippen molar-refractivity contribution in [3.8, 4) is 0 Å². The number of nitrogens with one attached hydrogen (secondary N) is 1. The summed E-state index contributed by atoms with van der Waals surface area (Å²) in [7, 11) is 0. The summed E-state index contributed by atoms with van der Waals surface area (Å²) in [6.45, 7) is 1.74. The Morgan fingerprint density at radius 2 is 2.09 bits per heavy atom. The molecule has 2 aromatic rings. The minimum absolute atomic E-state index is 0. The Balaban J connectivity index is 0.00000144. The van der Waals surface area contributed by atoms with Crippen molar-refractivity contribution >= 4 is 27.8 Å². The number of ketones is 1. The number of rotatable bonds is 5. The van der Waals surface area contributed by atoms with Gasteiger partial charge in [0, 0.05) is 25.9 Å². The first-order valence-corrected chi connectivity index (χ1v) is 7.60. The van der Waals surface area contributed by atoms with Crippen molar-refractivity contribution in [1.29, 1.82) is 0 Å². The van der Waals surface area contributed by atoms with Crippen LogP contribution in [-0.4, -0.2) is 44.2 Å². The molecule has 1 saturated heterocycles. The summed E-state index contributed by atoms with van der Waals surface area (Å²) in [6, 6.07) is 10.6. The third-order valence-electron chi connectivity index (χ3n) is 4.09. The largest absolute Gasteiger partial charge is 2.00 e. The Bertz CT molecular complexity index is 628. The third-order valence-corrected chi connectivity index (χ3v) is 4.09. The number of carbonyl (C=O) groups is 1. The normalized spacial score (nSPS) is 15.2. The van der Waals surface area contributed by atoms with Crippen LogP contribution in [0.4, 0.5) is 11.9 Å². The van der Waals surface area contributed by atoms with Gasteiger partial charge in [0.1, 0.15) is 5.78 Å². The fraction of sp³-hybridized carbons (Fsp3) is 0.438. The van der Waals surface area contributed by atoms with Gasteiger partial charge in [-0.3, -0.25) is 4.79 Å². The van der Waals surface area contributed by atoms with E-state index >= 15 is 0 Å². The predicted molar refractivity (Wildman–Crippen MR) is 91.2 cm³/mol. The van der Waals surface area contributed by atoms with Crippen LogP contribution < -0.4 is 10.6 Å². The van der Waals surface area contributed by atoms with Crippen molar-refractivity contribution in [3.05, 3.63) is 35.9 Å². The number of aromatic amines is 1. The maximum atomic E-state index is 12.2. The standard InChI is InChI=1S/C16H20N5O.Be.H/c17-15-18-16(20-19-15)21-8-6-13(7-9-21)11-14(22)10-12-4-2-1-3-5-12;;/h2-5,13H,6-11H2,(H3,17,18,19,20);;/q-1;+2;-1. The minimum Gasteiger partial charge on any atom is -1.00 e. The number of nitrogen functional groups attached to an aromatic ring is 1. The van der Waals surface area contributed by atoms with Crippen LogP contribution in [0.5, 0.6) is 0 Å². The van der Waals surface area contributed by atoms with Crippen molar-refractivity contribution in [2.24, 2.45) is 5.92 Å². The van der Waals surface area contributed by atoms with Gasteiger partial charge >= 0.3 is 10.1 Å². The molecule has 118 valence electrons. The van der Waals surface area contributed by atoms with E-state index in [1.54, 1.807) is 0 Å². The number of anilines is 2. The summed E-state index contributed by atoms with van der Waals surface area (Å²) >= 11 is 0. The summed E-state index contributed by atoms with van der Waals surface area (Å²) in [5.41, 5.74) is 6.62. The van der Waals surface area contributed by atoms with Gasteiger partial charge in [-0.2, -0.15) is 40.9 Å². The molecule has 1 fully saturated rings. The van der Waals surface area contributed by atoms with Gasteiger partial charge in [-0.05, 0) is 18.8 Å². The molecule has 0 amide bonds. The first kappa shape index (κ1) is 17.2. The van der Waals surface area contributed by atoms with E-state index < -0.39 is 0 Å². The maximum absolute atomic E-state index is 12.2. The average molecular weight is 308 g/mol. The Labute approximate surface area is 141 Å². The van der Waals surface area contributed by atoms with Crippen molar-refractivity contribution < 1.29 is 6.22 Å². The number of piperidine rings is 1. The Morgan fingerprint density at radius 1 is 1.39 bits per heavy atom. The quantitative estimate of drug-likeness (QED) is 0.643. The first-order chi connectivity index (χ1) is 10.7. The summed E-state index contributed by atoms with van der Waals surface area (Å²) in [4.78, 5) is 18.4. The van der Waals surface area contributed by atoms with Gasteiger partial charge in [-0.25, -0.2) is 5.10 Å². The van der Waals surface area contributed by atoms with Gasteiger partial charge < -0.3 is 12.1 Å². The van der Waals surface area contributed by atoms with E-state index in [0.717, 1.165) is 31.5 Å². The minimum atomic E-state index is 0. The molecule has 0 spiro atoms. The van der Waals surface area contributed by atoms with Gasteiger partial charge in [0.15, 0.2) is 0 Å². The predicted octanol–water partition coefficient (Wildman–Crippen LogP) is 1.34. The van der Waals surface area contributed by atoms with E-state index in [1.807, 2.05) is 24.3 Å². The fourth-order valence-corrected chi connectivity index (χ4v) is 2.90. The summed E-state index contributed by atoms with van der Waals surface area (Å²) in [5, 5.41) is 6.73. The molecule has 1 aliphatic rings. The zero-order chi connectivity index (χ0) is 15.4. The molecule has 0 unspecified atom stereocenters. The van der Waals surface area contributed by atoms with Crippen molar-refractivity contribution in [3.63, 3.8) is 0 Å². The van der Waals surface area contributed by atoms with E-state index in [1.165, 1.54) is 0 Å². The van der Waals surface area contributed by atoms with E-state index in [4.69, 9.17) is 5.73 Å². The number of hydrogen-bond donors (Lipinski definition) is 2. The van der Waals surface area contributed by atoms with Crippen LogP contribution in [0.2, 0.25) is 0 Å². The topological polar surface area (TPSA) is 87.9 Å². The fourth-order valence-electron chi connectivity index (χ4n) is 2.90. The number of nitrogens with zero attached hydrogens (tertiary/aromatic N) is 3. The van der Waals surface area contributed by atoms with Crippen LogP contribution >= 0.6 is 0 Å². The van der Waals surface area contributed by atoms with Crippen LogP contribution in [-0.2, 0) is 11.2 Å². The van der Waals surface area contributed by atoms with Gasteiger partial charge in [0.05, 0.1) is 0 Å². The smallest absolute Gasteiger partial charge is 1.00 e. The molecule has 3 N–H and O–H groups in total. The van der Waals surface area contributed by atoms with Crippen LogP contribution in [0.3, 0.4) is 0 Å². The summed E-state index contributed by atoms with van der Waals surface area (Å²) < 4.78 is 0. The van der Waals surface area contributed by atoms with E-state index in [0.29, 0.717) is 36.4 Å². The van der Waals surface area contributed by atoms with Gasteiger partial charge in [0.25, 0.3) is 0 Å². The molecule has 1 aliphatic heterocycles. The number of nitrogens with two attached hydrogens (primary N) is 1. The second kappa shape index (κ2) is 7.88. The number of carbonyl (C=O) groups excluding carboxylic acids is 1. The zero-order valence-electron chi connectivity index (χ0n) is 14.2. The third kappa shape index (κ3) is 4.63. The van der Waals surface area contributed by atoms with Gasteiger partial charge in [0.2, 0.25) is 11.9 Å². The van der Waals surface area contributed by atoms with E-state index in [-0.39, 0.29) is 11.5 Å². The first-order valence-electron chi connectivity index (χ1n) is 7.60. The van der Waals surface area contributed by atoms with Crippen molar-refractivity contribution in [1.82, 2.24) is 15.2 Å². The molecule has 0 aliphatic carbocycles. The number of H-pyrrole nitrogens is 1. The monoisotopic (exact) mass is 308 g/mol. The molecule has 6 nitrogen and oxygen atoms in total. The molecule has 1 aromatic heterocycles. The molecule has 0 saturated carbocycles. The molecule has 3 rings (SSSR count). The second-order valence-electron chi connectivity index (χ2n) is 5.78. The average Bonchev–Trinajstić information content (AvgIpc) is 2.95. The maximum Gasteiger partial charge on any atom is 2.00 e. The van der Waals surface area contributed by atoms with E-state index in [2.05, 4.69) is 26.1 Å². The van der Waals surface area contributed by atoms with Crippen molar-refractivity contribution in [2.75, 3.05) is 23.7 Å². The number of Topliss-reactive ketones (excluding diaryl/α,β-unsaturated/α-hetero) is 1. The Hall–Kier alpha value is -2.20. The van der Waals surface area contributed by atoms with Gasteiger partial charge in [-0.15, -0.1) is 5.10 Å². The second-order valence-corrected chi connectivity index (χ2v) is 5.78. The van der Waals surface area contributed by atoms with Crippen LogP contribution in [0.1, 0.15) is 26.3 Å². The number of aromatic nitrogens is 3. The van der Waals surface area contributed by atoms with Crippen molar-refractivity contribution in [2.45, 2.75) is 25.7 Å². The molecule has 0 radical (unpaired) electrons. The Kier molecular flexibility index (Phi) is 5.88. The van der Waals surface area contributed by atoms with Crippen LogP contribution in [0, 0.1) is 12.0 Å². The molecule has 7 heteroatoms. The molecule has 1 aromatic carbocycles. The molecule has 0 bridgehead atoms. The molecular weight excluding hydrogens is 287 g/mol. The van der Waals surface area contributed by atoms with Crippen LogP contribution in [0.25, 0.3) is 0 Å². The Morgan fingerprint density at radius 3 is 2.70 bits per heavy atom. The summed E-state index contributed by atoms with van der Waals surface area (Å²) in [6.07, 6.45) is 3.15. The molecular formula is C16H21BeN5O. The molecule has 0 atom stereocenters. The van der Waals surface area contributed by atoms with Gasteiger partial charge in [-0.1, -0.05) is 0 Å². The number of benzene rings is 1. The molecule has 2 heterocycles. The van der Waals surface area contributed by atoms with Crippen LogP contribution in [0.15, 0.2) is 24.3 Å². The number of hydrogen-bond acceptors (Lipinski definition) is 5. The zero-order valence-corrected chi connectivity index (χ0v) is 13.2. The SMILES string of the molecule is Nc1nc(N2CCC(CC(=O)Cc3cc[c-]cc3)CC2)n[nH]1.[Be+2].[H-]. The summed E-state index contributed by atoms with van der Waals surface area (Å²) in [5.74, 6) is 1.76. The van der Waals surface area contributed by atoms with E-state index in [9.17, 15) is 4.79 Å².